The van der Waals surface area contributed by atoms with Gasteiger partial charge in [-0.1, -0.05) is 71.6 Å². The Hall–Kier alpha value is -0.970. The smallest absolute Gasteiger partial charge is 0.305 e. The van der Waals surface area contributed by atoms with Crippen LogP contribution < -0.4 is 0 Å². The van der Waals surface area contributed by atoms with Crippen molar-refractivity contribution in [2.24, 2.45) is 0 Å². The van der Waals surface area contributed by atoms with Gasteiger partial charge < -0.3 is 56.8 Å². The van der Waals surface area contributed by atoms with E-state index < -0.39 is 0 Å². The number of hydrogen-bond acceptors (Lipinski definition) is 13. The van der Waals surface area contributed by atoms with Crippen molar-refractivity contribution in [1.29, 1.82) is 0 Å². The molecule has 306 valence electrons. The Morgan fingerprint density at radius 3 is 0.824 bits per heavy atom. The summed E-state index contributed by atoms with van der Waals surface area (Å²) in [4.78, 5) is 11.6. The van der Waals surface area contributed by atoms with Crippen molar-refractivity contribution < 1.29 is 61.6 Å². The lowest BCUT2D eigenvalue weighted by Crippen LogP contribution is -2.15. The molecule has 0 amide bonds. The Morgan fingerprint density at radius 1 is 0.275 bits per heavy atom. The standard InChI is InChI=1S/C38H76O13/c1-3-5-7-9-11-13-15-40-16-17-41-18-19-42-20-21-43-22-23-44-24-25-45-26-27-46-28-29-47-30-31-48-32-33-49-34-35-50-36-37-51-38(39)14-12-10-8-6-4-2/h3-37H2,1-2H3. The Labute approximate surface area is 310 Å². The number of unbranched alkanes of at least 4 members (excludes halogenated alkanes) is 9. The fraction of sp³-hybridized carbons (Fsp3) is 0.974. The molecule has 0 fully saturated rings. The first-order valence-corrected chi connectivity index (χ1v) is 19.8. The summed E-state index contributed by atoms with van der Waals surface area (Å²) in [7, 11) is 0. The first kappa shape index (κ1) is 50.0. The molecule has 13 heteroatoms. The summed E-state index contributed by atoms with van der Waals surface area (Å²) in [6.07, 6.45) is 13.7. The van der Waals surface area contributed by atoms with E-state index >= 15 is 0 Å². The highest BCUT2D eigenvalue weighted by Crippen LogP contribution is 2.06. The van der Waals surface area contributed by atoms with Gasteiger partial charge in [-0.05, 0) is 12.8 Å². The third kappa shape index (κ3) is 47.0. The number of ether oxygens (including phenoxy) is 12. The monoisotopic (exact) mass is 741 g/mol. The molecule has 0 rings (SSSR count). The average Bonchev–Trinajstić information content (AvgIpc) is 3.14. The van der Waals surface area contributed by atoms with Crippen LogP contribution in [0.25, 0.3) is 0 Å². The van der Waals surface area contributed by atoms with Gasteiger partial charge in [-0.2, -0.15) is 0 Å². The molecular weight excluding hydrogens is 664 g/mol. The molecule has 0 spiro atoms. The number of rotatable bonds is 46. The van der Waals surface area contributed by atoms with Crippen LogP contribution in [0.2, 0.25) is 0 Å². The third-order valence-electron chi connectivity index (χ3n) is 7.34. The third-order valence-corrected chi connectivity index (χ3v) is 7.34. The van der Waals surface area contributed by atoms with Crippen LogP contribution in [0.5, 0.6) is 0 Å². The average molecular weight is 741 g/mol. The van der Waals surface area contributed by atoms with Crippen molar-refractivity contribution in [3.63, 3.8) is 0 Å². The molecule has 0 saturated heterocycles. The summed E-state index contributed by atoms with van der Waals surface area (Å²) in [6.45, 7) is 16.3. The fourth-order valence-electron chi connectivity index (χ4n) is 4.45. The Morgan fingerprint density at radius 2 is 0.510 bits per heavy atom. The van der Waals surface area contributed by atoms with Gasteiger partial charge in [0.05, 0.1) is 139 Å². The van der Waals surface area contributed by atoms with E-state index in [0.29, 0.717) is 145 Å². The zero-order chi connectivity index (χ0) is 36.8. The maximum atomic E-state index is 11.6. The predicted molar refractivity (Wildman–Crippen MR) is 197 cm³/mol. The van der Waals surface area contributed by atoms with E-state index in [2.05, 4.69) is 13.8 Å². The summed E-state index contributed by atoms with van der Waals surface area (Å²) in [6, 6.07) is 0. The minimum absolute atomic E-state index is 0.146. The van der Waals surface area contributed by atoms with Crippen LogP contribution in [-0.4, -0.2) is 158 Å². The van der Waals surface area contributed by atoms with Crippen molar-refractivity contribution in [2.45, 2.75) is 90.9 Å². The van der Waals surface area contributed by atoms with E-state index in [-0.39, 0.29) is 12.6 Å². The van der Waals surface area contributed by atoms with Crippen LogP contribution in [0, 0.1) is 0 Å². The summed E-state index contributed by atoms with van der Waals surface area (Å²) in [5, 5.41) is 0. The van der Waals surface area contributed by atoms with Gasteiger partial charge in [-0.15, -0.1) is 0 Å². The molecule has 0 atom stereocenters. The van der Waals surface area contributed by atoms with Gasteiger partial charge in [0.15, 0.2) is 0 Å². The quantitative estimate of drug-likeness (QED) is 0.0582. The van der Waals surface area contributed by atoms with E-state index in [1.54, 1.807) is 0 Å². The summed E-state index contributed by atoms with van der Waals surface area (Å²) < 4.78 is 65.6. The maximum Gasteiger partial charge on any atom is 0.305 e. The molecule has 0 bridgehead atoms. The molecule has 0 radical (unpaired) electrons. The molecule has 0 aliphatic heterocycles. The van der Waals surface area contributed by atoms with Crippen molar-refractivity contribution in [3.8, 4) is 0 Å². The van der Waals surface area contributed by atoms with E-state index in [1.807, 2.05) is 0 Å². The molecule has 0 aliphatic carbocycles. The van der Waals surface area contributed by atoms with Gasteiger partial charge in [-0.25, -0.2) is 0 Å². The Bertz CT molecular complexity index is 645. The molecule has 51 heavy (non-hydrogen) atoms. The van der Waals surface area contributed by atoms with Crippen LogP contribution in [0.3, 0.4) is 0 Å². The van der Waals surface area contributed by atoms with Crippen molar-refractivity contribution in [2.75, 3.05) is 152 Å². The highest BCUT2D eigenvalue weighted by atomic mass is 16.6. The zero-order valence-electron chi connectivity index (χ0n) is 32.6. The molecule has 0 saturated carbocycles. The Kier molecular flexibility index (Phi) is 46.2. The Balaban J connectivity index is 3.08. The summed E-state index contributed by atoms with van der Waals surface area (Å²) >= 11 is 0. The minimum atomic E-state index is -0.146. The molecule has 0 aromatic carbocycles. The van der Waals surface area contributed by atoms with E-state index in [0.717, 1.165) is 25.9 Å². The van der Waals surface area contributed by atoms with Gasteiger partial charge in [0.2, 0.25) is 0 Å². The maximum absolute atomic E-state index is 11.6. The normalized spacial score (nSPS) is 11.5. The van der Waals surface area contributed by atoms with Gasteiger partial charge >= 0.3 is 5.97 Å². The van der Waals surface area contributed by atoms with Crippen LogP contribution in [0.15, 0.2) is 0 Å². The lowest BCUT2D eigenvalue weighted by atomic mass is 10.1. The molecule has 13 nitrogen and oxygen atoms in total. The van der Waals surface area contributed by atoms with Crippen molar-refractivity contribution >= 4 is 5.97 Å². The SMILES string of the molecule is CCCCCCCCOCCOCCOCCOCCOCCOCCOCCOCCOCCOCCOCCOC(=O)CCCCCCC. The number of hydrogen-bond donors (Lipinski definition) is 0. The molecule has 0 unspecified atom stereocenters. The number of carbonyl (C=O) groups excluding carboxylic acids is 1. The largest absolute Gasteiger partial charge is 0.463 e. The number of carbonyl (C=O) groups is 1. The molecular formula is C38H76O13. The van der Waals surface area contributed by atoms with Crippen LogP contribution in [0.4, 0.5) is 0 Å². The van der Waals surface area contributed by atoms with Crippen LogP contribution in [-0.2, 0) is 61.6 Å². The second-order valence-corrected chi connectivity index (χ2v) is 11.9. The molecule has 0 N–H and O–H groups in total. The predicted octanol–water partition coefficient (Wildman–Crippen LogP) is 5.43. The lowest BCUT2D eigenvalue weighted by Gasteiger charge is -2.09. The zero-order valence-corrected chi connectivity index (χ0v) is 32.6. The van der Waals surface area contributed by atoms with Crippen LogP contribution >= 0.6 is 0 Å². The van der Waals surface area contributed by atoms with Crippen molar-refractivity contribution in [3.05, 3.63) is 0 Å². The topological polar surface area (TPSA) is 128 Å². The minimum Gasteiger partial charge on any atom is -0.463 e. The highest BCUT2D eigenvalue weighted by Gasteiger charge is 2.02. The highest BCUT2D eigenvalue weighted by molar-refractivity contribution is 5.69. The second-order valence-electron chi connectivity index (χ2n) is 11.9. The summed E-state index contributed by atoms with van der Waals surface area (Å²) in [5.74, 6) is -0.146. The molecule has 0 aliphatic rings. The first-order chi connectivity index (χ1) is 25.3. The van der Waals surface area contributed by atoms with E-state index in [1.165, 1.54) is 51.4 Å². The first-order valence-electron chi connectivity index (χ1n) is 19.8. The molecule has 0 aromatic heterocycles. The summed E-state index contributed by atoms with van der Waals surface area (Å²) in [5.41, 5.74) is 0. The second kappa shape index (κ2) is 47.1. The van der Waals surface area contributed by atoms with Crippen molar-refractivity contribution in [1.82, 2.24) is 0 Å². The molecule has 0 aromatic rings. The lowest BCUT2D eigenvalue weighted by molar-refractivity contribution is -0.145. The fourth-order valence-corrected chi connectivity index (χ4v) is 4.45. The van der Waals surface area contributed by atoms with Gasteiger partial charge in [0, 0.05) is 13.0 Å². The van der Waals surface area contributed by atoms with Gasteiger partial charge in [0.25, 0.3) is 0 Å². The molecule has 0 heterocycles. The van der Waals surface area contributed by atoms with Gasteiger partial charge in [0.1, 0.15) is 6.61 Å². The van der Waals surface area contributed by atoms with Crippen LogP contribution in [0.1, 0.15) is 90.9 Å². The van der Waals surface area contributed by atoms with Gasteiger partial charge in [-0.3, -0.25) is 4.79 Å². The van der Waals surface area contributed by atoms with E-state index in [4.69, 9.17) is 56.8 Å². The van der Waals surface area contributed by atoms with E-state index in [9.17, 15) is 4.79 Å². The number of esters is 1.